The molecule has 9 heteroatoms. The molecule has 0 bridgehead atoms. The van der Waals surface area contributed by atoms with Crippen molar-refractivity contribution in [3.8, 4) is 0 Å². The molecule has 2 N–H and O–H groups in total. The summed E-state index contributed by atoms with van der Waals surface area (Å²) in [7, 11) is 0. The number of aliphatic hydroxyl groups is 1. The molecule has 1 aromatic heterocycles. The smallest absolute Gasteiger partial charge is 0.240 e. The number of fused-ring (bicyclic) bond motifs is 1. The zero-order valence-corrected chi connectivity index (χ0v) is 19.9. The number of nitrogens with one attached hydrogen (secondary N) is 1. The molecule has 0 spiro atoms. The molecular formula is C25H29ClFN5O2. The van der Waals surface area contributed by atoms with Crippen molar-refractivity contribution in [1.82, 2.24) is 20.0 Å². The number of amides is 1. The molecule has 0 saturated carbocycles. The van der Waals surface area contributed by atoms with E-state index in [1.54, 1.807) is 18.3 Å². The third-order valence-corrected chi connectivity index (χ3v) is 7.30. The number of piperazine rings is 1. The highest BCUT2D eigenvalue weighted by atomic mass is 35.5. The van der Waals surface area contributed by atoms with Gasteiger partial charge < -0.3 is 20.2 Å². The summed E-state index contributed by atoms with van der Waals surface area (Å²) in [6.45, 7) is 4.49. The Kier molecular flexibility index (Phi) is 6.46. The first-order chi connectivity index (χ1) is 16.5. The van der Waals surface area contributed by atoms with E-state index in [0.29, 0.717) is 30.2 Å². The van der Waals surface area contributed by atoms with Crippen LogP contribution in [0.2, 0.25) is 5.02 Å². The first-order valence-electron chi connectivity index (χ1n) is 11.8. The number of aliphatic hydroxyl groups excluding tert-OH is 1. The molecule has 1 amide bonds. The second-order valence-electron chi connectivity index (χ2n) is 9.14. The first-order valence-corrected chi connectivity index (χ1v) is 12.2. The number of halogens is 2. The predicted molar refractivity (Wildman–Crippen MR) is 131 cm³/mol. The third kappa shape index (κ3) is 4.26. The van der Waals surface area contributed by atoms with Gasteiger partial charge in [0.1, 0.15) is 5.82 Å². The Morgan fingerprint density at radius 1 is 1.29 bits per heavy atom. The van der Waals surface area contributed by atoms with Gasteiger partial charge in [0.2, 0.25) is 5.91 Å². The van der Waals surface area contributed by atoms with E-state index < -0.39 is 0 Å². The van der Waals surface area contributed by atoms with Gasteiger partial charge >= 0.3 is 0 Å². The molecule has 34 heavy (non-hydrogen) atoms. The van der Waals surface area contributed by atoms with Crippen molar-refractivity contribution >= 4 is 34.1 Å². The fourth-order valence-electron chi connectivity index (χ4n) is 5.14. The molecule has 2 saturated heterocycles. The normalized spacial score (nSPS) is 21.9. The summed E-state index contributed by atoms with van der Waals surface area (Å²) in [5.41, 5.74) is 2.41. The SMILES string of the molecule is CC(c1ccc(Cl)cc1F)n1ncc2ccc(N3CCN(C(=O)[C@H]4CCCN4)[C@H](CO)C3)cc21. The van der Waals surface area contributed by atoms with Crippen LogP contribution >= 0.6 is 11.6 Å². The minimum atomic E-state index is -0.358. The Morgan fingerprint density at radius 3 is 2.88 bits per heavy atom. The number of hydrogen-bond acceptors (Lipinski definition) is 5. The van der Waals surface area contributed by atoms with Crippen LogP contribution in [-0.4, -0.2) is 70.6 Å². The summed E-state index contributed by atoms with van der Waals surface area (Å²) in [5, 5.41) is 19.2. The molecule has 2 aliphatic rings. The largest absolute Gasteiger partial charge is 0.394 e. The monoisotopic (exact) mass is 485 g/mol. The molecule has 7 nitrogen and oxygen atoms in total. The van der Waals surface area contributed by atoms with E-state index in [1.165, 1.54) is 6.07 Å². The average molecular weight is 486 g/mol. The molecule has 2 aliphatic heterocycles. The predicted octanol–water partition coefficient (Wildman–Crippen LogP) is 3.20. The Morgan fingerprint density at radius 2 is 2.15 bits per heavy atom. The van der Waals surface area contributed by atoms with Crippen LogP contribution in [0.3, 0.4) is 0 Å². The zero-order chi connectivity index (χ0) is 23.8. The molecule has 0 aliphatic carbocycles. The molecule has 1 unspecified atom stereocenters. The van der Waals surface area contributed by atoms with Gasteiger partial charge in [-0.2, -0.15) is 5.10 Å². The number of benzene rings is 2. The lowest BCUT2D eigenvalue weighted by Crippen LogP contribution is -2.59. The maximum absolute atomic E-state index is 14.6. The van der Waals surface area contributed by atoms with Crippen LogP contribution in [0.5, 0.6) is 0 Å². The van der Waals surface area contributed by atoms with Crippen LogP contribution in [0.4, 0.5) is 10.1 Å². The van der Waals surface area contributed by atoms with E-state index in [-0.39, 0.29) is 36.5 Å². The fourth-order valence-corrected chi connectivity index (χ4v) is 5.29. The lowest BCUT2D eigenvalue weighted by atomic mass is 10.1. The van der Waals surface area contributed by atoms with Gasteiger partial charge in [-0.3, -0.25) is 9.48 Å². The van der Waals surface area contributed by atoms with Gasteiger partial charge in [-0.25, -0.2) is 4.39 Å². The molecule has 2 fully saturated rings. The molecule has 5 rings (SSSR count). The molecule has 3 aromatic rings. The second kappa shape index (κ2) is 9.52. The van der Waals surface area contributed by atoms with Crippen molar-refractivity contribution in [2.24, 2.45) is 0 Å². The fraction of sp³-hybridized carbons (Fsp3) is 0.440. The third-order valence-electron chi connectivity index (χ3n) is 7.06. The molecule has 180 valence electrons. The summed E-state index contributed by atoms with van der Waals surface area (Å²) >= 11 is 5.92. The van der Waals surface area contributed by atoms with E-state index in [1.807, 2.05) is 28.6 Å². The number of nitrogens with zero attached hydrogens (tertiary/aromatic N) is 4. The highest BCUT2D eigenvalue weighted by Gasteiger charge is 2.35. The van der Waals surface area contributed by atoms with Gasteiger partial charge in [-0.15, -0.1) is 0 Å². The standard InChI is InChI=1S/C25H29ClFN5O2/c1-16(21-7-5-18(26)11-22(21)27)32-24-12-19(6-4-17(24)13-29-32)30-9-10-31(20(14-30)15-33)25(34)23-3-2-8-28-23/h4-7,11-13,16,20,23,28,33H,2-3,8-10,14-15H2,1H3/t16?,20-,23+/m0/s1. The number of carbonyl (C=O) groups is 1. The van der Waals surface area contributed by atoms with Crippen molar-refractivity contribution in [3.05, 3.63) is 59.0 Å². The van der Waals surface area contributed by atoms with E-state index in [0.717, 1.165) is 36.0 Å². The van der Waals surface area contributed by atoms with Crippen molar-refractivity contribution in [2.45, 2.75) is 37.9 Å². The summed E-state index contributed by atoms with van der Waals surface area (Å²) in [6, 6.07) is 10.1. The summed E-state index contributed by atoms with van der Waals surface area (Å²) in [5.74, 6) is -0.272. The maximum atomic E-state index is 14.6. The average Bonchev–Trinajstić information content (AvgIpc) is 3.53. The Labute approximate surface area is 203 Å². The number of hydrogen-bond donors (Lipinski definition) is 2. The minimum Gasteiger partial charge on any atom is -0.394 e. The van der Waals surface area contributed by atoms with Crippen LogP contribution in [-0.2, 0) is 4.79 Å². The van der Waals surface area contributed by atoms with Crippen molar-refractivity contribution < 1.29 is 14.3 Å². The van der Waals surface area contributed by atoms with Crippen molar-refractivity contribution in [3.63, 3.8) is 0 Å². The summed E-state index contributed by atoms with van der Waals surface area (Å²) in [6.07, 6.45) is 3.64. The molecule has 3 atom stereocenters. The minimum absolute atomic E-state index is 0.0813. The molecule has 3 heterocycles. The summed E-state index contributed by atoms with van der Waals surface area (Å²) < 4.78 is 16.4. The first kappa shape index (κ1) is 23.1. The van der Waals surface area contributed by atoms with Gasteiger partial charge in [0.05, 0.1) is 36.4 Å². The quantitative estimate of drug-likeness (QED) is 0.580. The molecular weight excluding hydrogens is 457 g/mol. The molecule has 2 aromatic carbocycles. The molecule has 0 radical (unpaired) electrons. The van der Waals surface area contributed by atoms with Crippen molar-refractivity contribution in [2.75, 3.05) is 37.7 Å². The van der Waals surface area contributed by atoms with E-state index in [9.17, 15) is 14.3 Å². The van der Waals surface area contributed by atoms with Crippen LogP contribution in [0.25, 0.3) is 10.9 Å². The van der Waals surface area contributed by atoms with Gasteiger partial charge in [-0.05, 0) is 56.6 Å². The topological polar surface area (TPSA) is 73.6 Å². The summed E-state index contributed by atoms with van der Waals surface area (Å²) in [4.78, 5) is 17.0. The Balaban J connectivity index is 1.39. The van der Waals surface area contributed by atoms with E-state index in [2.05, 4.69) is 21.4 Å². The van der Waals surface area contributed by atoms with Gasteiger partial charge in [0.15, 0.2) is 0 Å². The lowest BCUT2D eigenvalue weighted by Gasteiger charge is -2.42. The van der Waals surface area contributed by atoms with Crippen LogP contribution in [0.15, 0.2) is 42.6 Å². The zero-order valence-electron chi connectivity index (χ0n) is 19.1. The van der Waals surface area contributed by atoms with Gasteiger partial charge in [-0.1, -0.05) is 17.7 Å². The van der Waals surface area contributed by atoms with Crippen molar-refractivity contribution in [1.29, 1.82) is 0 Å². The highest BCUT2D eigenvalue weighted by molar-refractivity contribution is 6.30. The van der Waals surface area contributed by atoms with E-state index in [4.69, 9.17) is 11.6 Å². The lowest BCUT2D eigenvalue weighted by molar-refractivity contribution is -0.136. The Hall–Kier alpha value is -2.68. The highest BCUT2D eigenvalue weighted by Crippen LogP contribution is 2.30. The van der Waals surface area contributed by atoms with Crippen LogP contribution in [0.1, 0.15) is 31.4 Å². The Bertz CT molecular complexity index is 1200. The number of aromatic nitrogens is 2. The number of anilines is 1. The maximum Gasteiger partial charge on any atom is 0.240 e. The second-order valence-corrected chi connectivity index (χ2v) is 9.57. The number of carbonyl (C=O) groups excluding carboxylic acids is 1. The van der Waals surface area contributed by atoms with Crippen LogP contribution in [0, 0.1) is 5.82 Å². The number of rotatable bonds is 5. The van der Waals surface area contributed by atoms with Gasteiger partial charge in [0, 0.05) is 41.3 Å². The van der Waals surface area contributed by atoms with E-state index >= 15 is 0 Å². The van der Waals surface area contributed by atoms with Gasteiger partial charge in [0.25, 0.3) is 0 Å². The van der Waals surface area contributed by atoms with Crippen LogP contribution < -0.4 is 10.2 Å².